The molecule has 1 heterocycles. The van der Waals surface area contributed by atoms with Crippen molar-refractivity contribution < 1.29 is 0 Å². The van der Waals surface area contributed by atoms with E-state index in [0.29, 0.717) is 13.0 Å². The molecule has 0 aliphatic heterocycles. The van der Waals surface area contributed by atoms with Gasteiger partial charge in [0.05, 0.1) is 0 Å². The van der Waals surface area contributed by atoms with E-state index in [2.05, 4.69) is 15.5 Å². The van der Waals surface area contributed by atoms with Crippen molar-refractivity contribution in [1.29, 1.82) is 0 Å². The molecule has 0 bridgehead atoms. The van der Waals surface area contributed by atoms with Gasteiger partial charge >= 0.3 is 0 Å². The van der Waals surface area contributed by atoms with Gasteiger partial charge in [-0.1, -0.05) is 18.2 Å². The molecule has 0 spiro atoms. The number of aromatic nitrogens is 1. The smallest absolute Gasteiger partial charge is 0.165 e. The van der Waals surface area contributed by atoms with Gasteiger partial charge in [0.15, 0.2) is 6.17 Å². The molecular weight excluding hydrogens is 252 g/mol. The number of nitroso groups, excluding NO2 is 1. The largest absolute Gasteiger partial charge is 0.361 e. The first-order valence-electron chi connectivity index (χ1n) is 6.51. The summed E-state index contributed by atoms with van der Waals surface area (Å²) < 4.78 is 0. The molecule has 1 aromatic heterocycles. The summed E-state index contributed by atoms with van der Waals surface area (Å²) in [5, 5.41) is 6.23. The molecule has 0 radical (unpaired) electrons. The fraction of sp³-hybridized carbons (Fsp3) is 0.267. The van der Waals surface area contributed by atoms with Crippen LogP contribution >= 0.6 is 0 Å². The van der Waals surface area contributed by atoms with E-state index in [4.69, 9.17) is 5.73 Å². The van der Waals surface area contributed by atoms with Crippen LogP contribution < -0.4 is 11.1 Å². The number of anilines is 1. The minimum Gasteiger partial charge on any atom is -0.361 e. The first-order chi connectivity index (χ1) is 9.71. The van der Waals surface area contributed by atoms with Crippen molar-refractivity contribution in [2.75, 3.05) is 5.32 Å². The molecule has 2 rings (SSSR count). The summed E-state index contributed by atoms with van der Waals surface area (Å²) in [5.41, 5.74) is 9.38. The number of aryl methyl sites for hydroxylation is 1. The van der Waals surface area contributed by atoms with Crippen LogP contribution in [0.25, 0.3) is 0 Å². The highest BCUT2D eigenvalue weighted by Gasteiger charge is 2.09. The third kappa shape index (κ3) is 3.86. The average molecular weight is 270 g/mol. The summed E-state index contributed by atoms with van der Waals surface area (Å²) in [5.74, 6) is 0. The summed E-state index contributed by atoms with van der Waals surface area (Å²) in [4.78, 5) is 15.2. The number of nitrogens with zero attached hydrogens (tertiary/aromatic N) is 2. The van der Waals surface area contributed by atoms with Crippen LogP contribution in [0.15, 0.2) is 47.8 Å². The first kappa shape index (κ1) is 14.1. The Bertz CT molecular complexity index is 551. The second-order valence-corrected chi connectivity index (χ2v) is 4.68. The van der Waals surface area contributed by atoms with E-state index in [9.17, 15) is 4.91 Å². The standard InChI is InChI=1S/C15H18N4O/c1-11-2-3-13(10-17-11)8-15(19-20)18-14-6-4-12(9-16)5-7-14/h2-7,10,15,18H,8-9,16H2,1H3. The van der Waals surface area contributed by atoms with Crippen molar-refractivity contribution in [3.05, 3.63) is 64.3 Å². The van der Waals surface area contributed by atoms with Gasteiger partial charge in [0.2, 0.25) is 0 Å². The molecule has 0 amide bonds. The van der Waals surface area contributed by atoms with Gasteiger partial charge in [0.1, 0.15) is 0 Å². The Balaban J connectivity index is 2.00. The number of hydrogen-bond donors (Lipinski definition) is 2. The van der Waals surface area contributed by atoms with E-state index in [1.807, 2.05) is 43.3 Å². The molecule has 1 aromatic carbocycles. The highest BCUT2D eigenvalue weighted by molar-refractivity contribution is 5.45. The monoisotopic (exact) mass is 270 g/mol. The first-order valence-corrected chi connectivity index (χ1v) is 6.51. The van der Waals surface area contributed by atoms with Crippen molar-refractivity contribution >= 4 is 5.69 Å². The molecule has 0 aliphatic rings. The van der Waals surface area contributed by atoms with Crippen LogP contribution in [0.2, 0.25) is 0 Å². The molecule has 1 unspecified atom stereocenters. The third-order valence-corrected chi connectivity index (χ3v) is 3.05. The van der Waals surface area contributed by atoms with E-state index in [1.165, 1.54) is 0 Å². The van der Waals surface area contributed by atoms with Gasteiger partial charge in [-0.15, -0.1) is 4.91 Å². The number of rotatable bonds is 6. The van der Waals surface area contributed by atoms with Crippen molar-refractivity contribution in [3.63, 3.8) is 0 Å². The van der Waals surface area contributed by atoms with Crippen molar-refractivity contribution in [1.82, 2.24) is 4.98 Å². The number of benzene rings is 1. The maximum Gasteiger partial charge on any atom is 0.165 e. The third-order valence-electron chi connectivity index (χ3n) is 3.05. The van der Waals surface area contributed by atoms with Gasteiger partial charge in [0, 0.05) is 30.5 Å². The van der Waals surface area contributed by atoms with Crippen LogP contribution in [-0.2, 0) is 13.0 Å². The molecule has 3 N–H and O–H groups in total. The number of nitrogens with one attached hydrogen (secondary N) is 1. The highest BCUT2D eigenvalue weighted by Crippen LogP contribution is 2.13. The second kappa shape index (κ2) is 6.77. The molecule has 0 aliphatic carbocycles. The SMILES string of the molecule is Cc1ccc(CC(N=O)Nc2ccc(CN)cc2)cn1. The second-order valence-electron chi connectivity index (χ2n) is 4.68. The molecular formula is C15H18N4O. The van der Waals surface area contributed by atoms with Gasteiger partial charge in [-0.25, -0.2) is 0 Å². The lowest BCUT2D eigenvalue weighted by Gasteiger charge is -2.13. The van der Waals surface area contributed by atoms with E-state index in [-0.39, 0.29) is 0 Å². The molecule has 20 heavy (non-hydrogen) atoms. The topological polar surface area (TPSA) is 80.4 Å². The molecule has 0 saturated heterocycles. The number of nitrogens with two attached hydrogens (primary N) is 1. The van der Waals surface area contributed by atoms with Crippen LogP contribution in [0.3, 0.4) is 0 Å². The van der Waals surface area contributed by atoms with Gasteiger partial charge in [-0.05, 0) is 41.4 Å². The number of pyridine rings is 1. The Morgan fingerprint density at radius 3 is 2.45 bits per heavy atom. The zero-order valence-electron chi connectivity index (χ0n) is 11.4. The summed E-state index contributed by atoms with van der Waals surface area (Å²) in [7, 11) is 0. The fourth-order valence-corrected chi connectivity index (χ4v) is 1.89. The Labute approximate surface area is 118 Å². The van der Waals surface area contributed by atoms with Crippen LogP contribution in [0, 0.1) is 11.8 Å². The predicted molar refractivity (Wildman–Crippen MR) is 80.2 cm³/mol. The van der Waals surface area contributed by atoms with Crippen LogP contribution in [-0.4, -0.2) is 11.1 Å². The summed E-state index contributed by atoms with van der Waals surface area (Å²) in [6.45, 7) is 2.43. The minimum atomic E-state index is -0.511. The molecule has 104 valence electrons. The fourth-order valence-electron chi connectivity index (χ4n) is 1.89. The van der Waals surface area contributed by atoms with Crippen LogP contribution in [0.4, 0.5) is 5.69 Å². The molecule has 1 atom stereocenters. The van der Waals surface area contributed by atoms with E-state index in [0.717, 1.165) is 22.5 Å². The molecule has 5 nitrogen and oxygen atoms in total. The van der Waals surface area contributed by atoms with Crippen molar-refractivity contribution in [2.24, 2.45) is 10.9 Å². The van der Waals surface area contributed by atoms with Crippen molar-refractivity contribution in [2.45, 2.75) is 26.1 Å². The highest BCUT2D eigenvalue weighted by atomic mass is 16.3. The van der Waals surface area contributed by atoms with Gasteiger partial charge in [0.25, 0.3) is 0 Å². The Morgan fingerprint density at radius 1 is 1.20 bits per heavy atom. The summed E-state index contributed by atoms with van der Waals surface area (Å²) in [6, 6.07) is 11.5. The normalized spacial score (nSPS) is 11.9. The number of hydrogen-bond acceptors (Lipinski definition) is 5. The Morgan fingerprint density at radius 2 is 1.90 bits per heavy atom. The maximum atomic E-state index is 11.0. The molecule has 0 fully saturated rings. The van der Waals surface area contributed by atoms with Gasteiger partial charge < -0.3 is 11.1 Å². The molecule has 0 saturated carbocycles. The van der Waals surface area contributed by atoms with Gasteiger partial charge in [-0.2, -0.15) is 0 Å². The summed E-state index contributed by atoms with van der Waals surface area (Å²) >= 11 is 0. The predicted octanol–water partition coefficient (Wildman–Crippen LogP) is 2.60. The van der Waals surface area contributed by atoms with E-state index in [1.54, 1.807) is 6.20 Å². The lowest BCUT2D eigenvalue weighted by Crippen LogP contribution is -2.19. The van der Waals surface area contributed by atoms with Gasteiger partial charge in [-0.3, -0.25) is 4.98 Å². The zero-order valence-corrected chi connectivity index (χ0v) is 11.4. The Kier molecular flexibility index (Phi) is 4.79. The van der Waals surface area contributed by atoms with Crippen LogP contribution in [0.5, 0.6) is 0 Å². The lowest BCUT2D eigenvalue weighted by molar-refractivity contribution is 0.746. The average Bonchev–Trinajstić information content (AvgIpc) is 2.49. The van der Waals surface area contributed by atoms with E-state index >= 15 is 0 Å². The molecule has 5 heteroatoms. The lowest BCUT2D eigenvalue weighted by atomic mass is 10.1. The Hall–Kier alpha value is -2.27. The quantitative estimate of drug-likeness (QED) is 0.791. The molecule has 2 aromatic rings. The maximum absolute atomic E-state index is 11.0. The van der Waals surface area contributed by atoms with Crippen LogP contribution in [0.1, 0.15) is 16.8 Å². The zero-order chi connectivity index (χ0) is 14.4. The summed E-state index contributed by atoms with van der Waals surface area (Å²) in [6.07, 6.45) is 1.77. The van der Waals surface area contributed by atoms with Crippen molar-refractivity contribution in [3.8, 4) is 0 Å². The minimum absolute atomic E-state index is 0.505. The van der Waals surface area contributed by atoms with E-state index < -0.39 is 6.17 Å².